The second-order valence-electron chi connectivity index (χ2n) is 8.97. The number of rotatable bonds is 5. The molecule has 2 aliphatic carbocycles. The zero-order valence-corrected chi connectivity index (χ0v) is 17.9. The molecular formula is C26H24F2N2O2. The summed E-state index contributed by atoms with van der Waals surface area (Å²) >= 11 is 0. The van der Waals surface area contributed by atoms with Crippen molar-refractivity contribution in [1.29, 1.82) is 0 Å². The Morgan fingerprint density at radius 2 is 1.88 bits per heavy atom. The van der Waals surface area contributed by atoms with E-state index in [1.165, 1.54) is 0 Å². The maximum atomic E-state index is 13.6. The molecule has 1 unspecified atom stereocenters. The van der Waals surface area contributed by atoms with Gasteiger partial charge in [0.1, 0.15) is 17.4 Å². The van der Waals surface area contributed by atoms with E-state index >= 15 is 0 Å². The molecule has 1 fully saturated rings. The van der Waals surface area contributed by atoms with E-state index in [1.807, 2.05) is 19.1 Å². The second kappa shape index (κ2) is 8.08. The predicted molar refractivity (Wildman–Crippen MR) is 118 cm³/mol. The number of fused-ring (bicyclic) bond motifs is 1. The van der Waals surface area contributed by atoms with E-state index in [4.69, 9.17) is 4.98 Å². The largest absolute Gasteiger partial charge is 0.334 e. The van der Waals surface area contributed by atoms with Crippen LogP contribution >= 0.6 is 0 Å². The second-order valence-corrected chi connectivity index (χ2v) is 8.97. The highest BCUT2D eigenvalue weighted by Crippen LogP contribution is 2.36. The third kappa shape index (κ3) is 4.01. The van der Waals surface area contributed by atoms with Crippen LogP contribution in [0.4, 0.5) is 8.78 Å². The molecule has 2 aromatic rings. The Hall–Kier alpha value is -3.15. The van der Waals surface area contributed by atoms with Crippen LogP contribution in [0.25, 0.3) is 11.6 Å². The quantitative estimate of drug-likeness (QED) is 0.690. The molecule has 3 aliphatic rings. The van der Waals surface area contributed by atoms with Gasteiger partial charge in [0.05, 0.1) is 5.69 Å². The smallest absolute Gasteiger partial charge is 0.254 e. The Bertz CT molecular complexity index is 1160. The van der Waals surface area contributed by atoms with E-state index in [1.54, 1.807) is 4.90 Å². The number of carbonyl (C=O) groups excluding carboxylic acids is 2. The summed E-state index contributed by atoms with van der Waals surface area (Å²) in [5, 5.41) is 0. The lowest BCUT2D eigenvalue weighted by atomic mass is 9.87. The van der Waals surface area contributed by atoms with Crippen molar-refractivity contribution in [3.8, 4) is 0 Å². The van der Waals surface area contributed by atoms with Crippen molar-refractivity contribution in [3.05, 3.63) is 76.1 Å². The van der Waals surface area contributed by atoms with Gasteiger partial charge in [0, 0.05) is 54.7 Å². The van der Waals surface area contributed by atoms with Crippen molar-refractivity contribution in [2.75, 3.05) is 13.1 Å². The number of allylic oxidation sites excluding steroid dienone is 1. The molecule has 1 atom stereocenters. The lowest BCUT2D eigenvalue weighted by Crippen LogP contribution is -2.38. The Morgan fingerprint density at radius 1 is 1.12 bits per heavy atom. The van der Waals surface area contributed by atoms with Crippen LogP contribution in [0.2, 0.25) is 0 Å². The lowest BCUT2D eigenvalue weighted by Gasteiger charge is -2.32. The first-order chi connectivity index (χ1) is 15.4. The molecule has 1 aliphatic heterocycles. The molecule has 1 saturated carbocycles. The van der Waals surface area contributed by atoms with E-state index in [0.29, 0.717) is 19.5 Å². The van der Waals surface area contributed by atoms with Gasteiger partial charge in [0.25, 0.3) is 5.91 Å². The first-order valence-electron chi connectivity index (χ1n) is 11.1. The van der Waals surface area contributed by atoms with Crippen LogP contribution in [0.1, 0.15) is 52.6 Å². The number of nitrogens with zero attached hydrogens (tertiary/aromatic N) is 2. The standard InChI is InChI=1S/C26H24F2N2O2/c1-15-14-30(26(32)17-9-18(27)11-19(28)10-17)8-7-21(15)23-12-20(13-25(31)16-5-6-16)29-24-4-2-3-22(23)24/h2-3,7,9-12,15-16H,4-6,8,13-14H2,1H3. The molecule has 4 nitrogen and oxygen atoms in total. The number of Topliss-reactive ketones (excluding diaryl/α,β-unsaturated/α-hetero) is 1. The minimum Gasteiger partial charge on any atom is -0.334 e. The maximum Gasteiger partial charge on any atom is 0.254 e. The summed E-state index contributed by atoms with van der Waals surface area (Å²) in [5.41, 5.74) is 5.07. The van der Waals surface area contributed by atoms with Gasteiger partial charge >= 0.3 is 0 Å². The van der Waals surface area contributed by atoms with Gasteiger partial charge in [-0.15, -0.1) is 0 Å². The number of hydrogen-bond acceptors (Lipinski definition) is 3. The maximum absolute atomic E-state index is 13.6. The summed E-state index contributed by atoms with van der Waals surface area (Å²) < 4.78 is 27.1. The lowest BCUT2D eigenvalue weighted by molar-refractivity contribution is -0.119. The third-order valence-electron chi connectivity index (χ3n) is 6.44. The van der Waals surface area contributed by atoms with Gasteiger partial charge in [-0.3, -0.25) is 14.6 Å². The average Bonchev–Trinajstić information content (AvgIpc) is 3.50. The predicted octanol–water partition coefficient (Wildman–Crippen LogP) is 4.63. The first-order valence-corrected chi connectivity index (χ1v) is 11.1. The molecule has 1 amide bonds. The minimum absolute atomic E-state index is 0.0140. The number of benzene rings is 1. The van der Waals surface area contributed by atoms with E-state index < -0.39 is 11.6 Å². The van der Waals surface area contributed by atoms with Gasteiger partial charge in [-0.1, -0.05) is 25.2 Å². The van der Waals surface area contributed by atoms with Gasteiger partial charge in [-0.2, -0.15) is 0 Å². The zero-order chi connectivity index (χ0) is 22.4. The molecule has 0 N–H and O–H groups in total. The Kier molecular flexibility index (Phi) is 5.24. The highest BCUT2D eigenvalue weighted by atomic mass is 19.1. The number of aromatic nitrogens is 1. The third-order valence-corrected chi connectivity index (χ3v) is 6.44. The molecule has 164 valence electrons. The van der Waals surface area contributed by atoms with Crippen molar-refractivity contribution in [2.24, 2.45) is 11.8 Å². The van der Waals surface area contributed by atoms with Crippen LogP contribution < -0.4 is 0 Å². The fraction of sp³-hybridized carbons (Fsp3) is 0.346. The van der Waals surface area contributed by atoms with Crippen LogP contribution in [-0.4, -0.2) is 34.7 Å². The highest BCUT2D eigenvalue weighted by Gasteiger charge is 2.31. The van der Waals surface area contributed by atoms with Crippen molar-refractivity contribution in [1.82, 2.24) is 9.88 Å². The molecule has 0 radical (unpaired) electrons. The molecule has 1 aromatic heterocycles. The van der Waals surface area contributed by atoms with Crippen LogP contribution in [0.3, 0.4) is 0 Å². The van der Waals surface area contributed by atoms with E-state index in [-0.39, 0.29) is 29.1 Å². The SMILES string of the molecule is CC1CN(C(=O)c2cc(F)cc(F)c2)CC=C1c1cc(CC(=O)C2CC2)nc2c1C=CC2. The summed E-state index contributed by atoms with van der Waals surface area (Å²) in [7, 11) is 0. The fourth-order valence-corrected chi connectivity index (χ4v) is 4.67. The molecule has 2 heterocycles. The Morgan fingerprint density at radius 3 is 2.56 bits per heavy atom. The normalized spacial score (nSPS) is 19.7. The fourth-order valence-electron chi connectivity index (χ4n) is 4.67. The minimum atomic E-state index is -0.762. The van der Waals surface area contributed by atoms with E-state index in [9.17, 15) is 18.4 Å². The Balaban J connectivity index is 1.42. The summed E-state index contributed by atoms with van der Waals surface area (Å²) in [5.74, 6) is -1.42. The van der Waals surface area contributed by atoms with E-state index in [0.717, 1.165) is 65.5 Å². The van der Waals surface area contributed by atoms with Gasteiger partial charge in [-0.25, -0.2) is 8.78 Å². The summed E-state index contributed by atoms with van der Waals surface area (Å²) in [4.78, 5) is 31.5. The number of ketones is 1. The van der Waals surface area contributed by atoms with Crippen molar-refractivity contribution in [2.45, 2.75) is 32.6 Å². The van der Waals surface area contributed by atoms with Crippen LogP contribution in [0.5, 0.6) is 0 Å². The Labute approximate surface area is 185 Å². The van der Waals surface area contributed by atoms with Gasteiger partial charge < -0.3 is 4.90 Å². The van der Waals surface area contributed by atoms with Crippen LogP contribution in [0, 0.1) is 23.5 Å². The molecule has 32 heavy (non-hydrogen) atoms. The first kappa shape index (κ1) is 20.7. The average molecular weight is 434 g/mol. The topological polar surface area (TPSA) is 50.3 Å². The zero-order valence-electron chi connectivity index (χ0n) is 17.9. The molecule has 0 bridgehead atoms. The number of amides is 1. The molecule has 6 heteroatoms. The molecular weight excluding hydrogens is 410 g/mol. The number of pyridine rings is 1. The summed E-state index contributed by atoms with van der Waals surface area (Å²) in [6.45, 7) is 2.84. The number of carbonyl (C=O) groups is 2. The monoisotopic (exact) mass is 434 g/mol. The van der Waals surface area contributed by atoms with Gasteiger partial charge in [0.2, 0.25) is 0 Å². The molecule has 1 aromatic carbocycles. The van der Waals surface area contributed by atoms with Gasteiger partial charge in [-0.05, 0) is 48.1 Å². The molecule has 0 spiro atoms. The summed E-state index contributed by atoms with van der Waals surface area (Å²) in [6, 6.07) is 4.92. The highest BCUT2D eigenvalue weighted by molar-refractivity contribution is 5.95. The molecule has 0 saturated heterocycles. The summed E-state index contributed by atoms with van der Waals surface area (Å²) in [6.07, 6.45) is 9.25. The van der Waals surface area contributed by atoms with Gasteiger partial charge in [0.15, 0.2) is 0 Å². The van der Waals surface area contributed by atoms with E-state index in [2.05, 4.69) is 12.2 Å². The van der Waals surface area contributed by atoms with Crippen LogP contribution in [0.15, 0.2) is 36.4 Å². The van der Waals surface area contributed by atoms with Crippen LogP contribution in [-0.2, 0) is 17.6 Å². The van der Waals surface area contributed by atoms with Crippen molar-refractivity contribution >= 4 is 23.3 Å². The molecule has 5 rings (SSSR count). The number of halogens is 2. The van der Waals surface area contributed by atoms with Crippen molar-refractivity contribution in [3.63, 3.8) is 0 Å². The van der Waals surface area contributed by atoms with Crippen molar-refractivity contribution < 1.29 is 18.4 Å². The number of hydrogen-bond donors (Lipinski definition) is 0.